The molecule has 0 saturated carbocycles. The lowest BCUT2D eigenvalue weighted by Gasteiger charge is -2.08. The smallest absolute Gasteiger partial charge is 0.152 e. The Bertz CT molecular complexity index is 397. The van der Waals surface area contributed by atoms with Gasteiger partial charge in [-0.25, -0.2) is 4.39 Å². The topological polar surface area (TPSA) is 20.3 Å². The number of carbonyl (C=O) groups is 1. The van der Waals surface area contributed by atoms with Crippen LogP contribution in [0.5, 0.6) is 0 Å². The lowest BCUT2D eigenvalue weighted by Crippen LogP contribution is -2.03. The molecule has 0 aromatic heterocycles. The second kappa shape index (κ2) is 4.73. The molecule has 3 heteroatoms. The summed E-state index contributed by atoms with van der Waals surface area (Å²) in [6, 6.07) is 4.78. The zero-order valence-electron chi connectivity index (χ0n) is 9.12. The van der Waals surface area contributed by atoms with Gasteiger partial charge in [-0.2, -0.15) is 0 Å². The molecule has 0 aliphatic carbocycles. The molecular formula is C12H14FNO. The van der Waals surface area contributed by atoms with Crippen LogP contribution >= 0.6 is 0 Å². The van der Waals surface area contributed by atoms with Gasteiger partial charge in [-0.05, 0) is 24.1 Å². The van der Waals surface area contributed by atoms with Gasteiger partial charge in [-0.1, -0.05) is 12.1 Å². The number of hydrogen-bond donors (Lipinski definition) is 0. The predicted molar refractivity (Wildman–Crippen MR) is 58.9 cm³/mol. The molecule has 1 aromatic rings. The fourth-order valence-corrected chi connectivity index (χ4v) is 1.22. The Labute approximate surface area is 89.0 Å². The van der Waals surface area contributed by atoms with Crippen molar-refractivity contribution in [1.82, 2.24) is 4.90 Å². The number of halogens is 1. The second-order valence-electron chi connectivity index (χ2n) is 3.63. The van der Waals surface area contributed by atoms with Gasteiger partial charge >= 0.3 is 0 Å². The minimum Gasteiger partial charge on any atom is -0.383 e. The Morgan fingerprint density at radius 1 is 1.40 bits per heavy atom. The van der Waals surface area contributed by atoms with E-state index in [0.717, 1.165) is 6.29 Å². The third-order valence-electron chi connectivity index (χ3n) is 2.03. The van der Waals surface area contributed by atoms with Crippen LogP contribution in [-0.2, 0) is 4.79 Å². The molecule has 0 fully saturated rings. The van der Waals surface area contributed by atoms with E-state index in [9.17, 15) is 9.18 Å². The Hall–Kier alpha value is -1.64. The van der Waals surface area contributed by atoms with Gasteiger partial charge in [0.05, 0.1) is 0 Å². The van der Waals surface area contributed by atoms with Crippen LogP contribution in [0, 0.1) is 12.7 Å². The molecule has 0 amide bonds. The summed E-state index contributed by atoms with van der Waals surface area (Å²) in [5.41, 5.74) is 1.65. The largest absolute Gasteiger partial charge is 0.383 e. The first-order valence-corrected chi connectivity index (χ1v) is 4.64. The number of hydrogen-bond acceptors (Lipinski definition) is 2. The third kappa shape index (κ3) is 2.91. The van der Waals surface area contributed by atoms with Crippen LogP contribution in [0.3, 0.4) is 0 Å². The van der Waals surface area contributed by atoms with E-state index in [1.165, 1.54) is 6.07 Å². The fraction of sp³-hybridized carbons (Fsp3) is 0.250. The van der Waals surface area contributed by atoms with Crippen LogP contribution in [0.1, 0.15) is 11.1 Å². The van der Waals surface area contributed by atoms with Crippen LogP contribution in [0.4, 0.5) is 4.39 Å². The highest BCUT2D eigenvalue weighted by atomic mass is 19.1. The van der Waals surface area contributed by atoms with Crippen molar-refractivity contribution in [3.05, 3.63) is 41.3 Å². The number of aldehydes is 1. The highest BCUT2D eigenvalue weighted by Crippen LogP contribution is 2.16. The minimum absolute atomic E-state index is 0.293. The van der Waals surface area contributed by atoms with Gasteiger partial charge < -0.3 is 4.90 Å². The summed E-state index contributed by atoms with van der Waals surface area (Å²) >= 11 is 0. The SMILES string of the molecule is Cc1ccc(/C(C=O)=C/N(C)C)cc1F. The molecule has 0 spiro atoms. The zero-order valence-corrected chi connectivity index (χ0v) is 9.12. The lowest BCUT2D eigenvalue weighted by atomic mass is 10.1. The van der Waals surface area contributed by atoms with Gasteiger partial charge in [0, 0.05) is 25.9 Å². The highest BCUT2D eigenvalue weighted by molar-refractivity contribution is 6.06. The summed E-state index contributed by atoms with van der Waals surface area (Å²) < 4.78 is 13.3. The molecule has 0 radical (unpaired) electrons. The third-order valence-corrected chi connectivity index (χ3v) is 2.03. The van der Waals surface area contributed by atoms with Gasteiger partial charge in [0.2, 0.25) is 0 Å². The number of allylic oxidation sites excluding steroid dienone is 1. The van der Waals surface area contributed by atoms with Crippen LogP contribution in [0.2, 0.25) is 0 Å². The molecule has 0 heterocycles. The summed E-state index contributed by atoms with van der Waals surface area (Å²) in [5, 5.41) is 0. The number of rotatable bonds is 3. The molecule has 80 valence electrons. The molecule has 1 aromatic carbocycles. The maximum atomic E-state index is 13.3. The van der Waals surface area contributed by atoms with Crippen LogP contribution < -0.4 is 0 Å². The maximum Gasteiger partial charge on any atom is 0.152 e. The quantitative estimate of drug-likeness (QED) is 0.559. The van der Waals surface area contributed by atoms with E-state index in [-0.39, 0.29) is 5.82 Å². The number of aryl methyl sites for hydroxylation is 1. The number of carbonyl (C=O) groups excluding carboxylic acids is 1. The average Bonchev–Trinajstić information content (AvgIpc) is 2.18. The van der Waals surface area contributed by atoms with E-state index in [4.69, 9.17) is 0 Å². The first kappa shape index (κ1) is 11.4. The van der Waals surface area contributed by atoms with E-state index in [2.05, 4.69) is 0 Å². The van der Waals surface area contributed by atoms with Gasteiger partial charge in [-0.15, -0.1) is 0 Å². The van der Waals surface area contributed by atoms with E-state index in [1.54, 1.807) is 30.2 Å². The summed E-state index contributed by atoms with van der Waals surface area (Å²) in [5.74, 6) is -0.293. The predicted octanol–water partition coefficient (Wildman–Crippen LogP) is 2.24. The summed E-state index contributed by atoms with van der Waals surface area (Å²) in [7, 11) is 3.63. The Kier molecular flexibility index (Phi) is 3.61. The molecule has 15 heavy (non-hydrogen) atoms. The maximum absolute atomic E-state index is 13.3. The fourth-order valence-electron chi connectivity index (χ4n) is 1.22. The molecule has 0 aliphatic rings. The van der Waals surface area contributed by atoms with Crippen molar-refractivity contribution in [2.24, 2.45) is 0 Å². The molecular weight excluding hydrogens is 193 g/mol. The van der Waals surface area contributed by atoms with Crippen molar-refractivity contribution < 1.29 is 9.18 Å². The van der Waals surface area contributed by atoms with Crippen LogP contribution in [-0.4, -0.2) is 25.3 Å². The van der Waals surface area contributed by atoms with Crippen molar-refractivity contribution in [2.75, 3.05) is 14.1 Å². The van der Waals surface area contributed by atoms with Crippen molar-refractivity contribution in [1.29, 1.82) is 0 Å². The zero-order chi connectivity index (χ0) is 11.4. The molecule has 0 unspecified atom stereocenters. The van der Waals surface area contributed by atoms with Gasteiger partial charge in [-0.3, -0.25) is 4.79 Å². The van der Waals surface area contributed by atoms with Crippen molar-refractivity contribution in [3.63, 3.8) is 0 Å². The molecule has 0 saturated heterocycles. The van der Waals surface area contributed by atoms with Crippen molar-refractivity contribution in [3.8, 4) is 0 Å². The van der Waals surface area contributed by atoms with Crippen molar-refractivity contribution >= 4 is 11.9 Å². The average molecular weight is 207 g/mol. The van der Waals surface area contributed by atoms with E-state index in [0.29, 0.717) is 16.7 Å². The Morgan fingerprint density at radius 3 is 2.53 bits per heavy atom. The monoisotopic (exact) mass is 207 g/mol. The molecule has 1 rings (SSSR count). The van der Waals surface area contributed by atoms with Crippen LogP contribution in [0.15, 0.2) is 24.4 Å². The van der Waals surface area contributed by atoms with Gasteiger partial charge in [0.1, 0.15) is 5.82 Å². The lowest BCUT2D eigenvalue weighted by molar-refractivity contribution is -0.103. The molecule has 0 atom stereocenters. The Balaban J connectivity index is 3.14. The summed E-state index contributed by atoms with van der Waals surface area (Å²) in [6.07, 6.45) is 2.39. The van der Waals surface area contributed by atoms with E-state index < -0.39 is 0 Å². The standard InChI is InChI=1S/C12H14FNO/c1-9-4-5-10(6-12(9)13)11(8-15)7-14(2)3/h4-8H,1-3H3/b11-7+. The normalized spacial score (nSPS) is 11.3. The summed E-state index contributed by atoms with van der Waals surface area (Å²) in [6.45, 7) is 1.69. The molecule has 0 N–H and O–H groups in total. The summed E-state index contributed by atoms with van der Waals surface area (Å²) in [4.78, 5) is 12.6. The number of nitrogens with zero attached hydrogens (tertiary/aromatic N) is 1. The first-order chi connectivity index (χ1) is 7.04. The minimum atomic E-state index is -0.293. The van der Waals surface area contributed by atoms with E-state index in [1.807, 2.05) is 14.1 Å². The first-order valence-electron chi connectivity index (χ1n) is 4.64. The Morgan fingerprint density at radius 2 is 2.07 bits per heavy atom. The molecule has 2 nitrogen and oxygen atoms in total. The number of benzene rings is 1. The van der Waals surface area contributed by atoms with Gasteiger partial charge in [0.15, 0.2) is 6.29 Å². The molecule has 0 aliphatic heterocycles. The highest BCUT2D eigenvalue weighted by Gasteiger charge is 2.04. The van der Waals surface area contributed by atoms with E-state index >= 15 is 0 Å². The van der Waals surface area contributed by atoms with Crippen molar-refractivity contribution in [2.45, 2.75) is 6.92 Å². The molecule has 0 bridgehead atoms. The van der Waals surface area contributed by atoms with Gasteiger partial charge in [0.25, 0.3) is 0 Å². The second-order valence-corrected chi connectivity index (χ2v) is 3.63. The van der Waals surface area contributed by atoms with Crippen LogP contribution in [0.25, 0.3) is 5.57 Å².